The monoisotopic (exact) mass is 163 g/mol. The number of hydrogen-bond donors (Lipinski definition) is 1. The van der Waals surface area contributed by atoms with Gasteiger partial charge in [-0.2, -0.15) is 0 Å². The van der Waals surface area contributed by atoms with Crippen molar-refractivity contribution < 1.29 is 14.4 Å². The van der Waals surface area contributed by atoms with Crippen molar-refractivity contribution in [3.8, 4) is 0 Å². The zero-order chi connectivity index (χ0) is 8.55. The summed E-state index contributed by atoms with van der Waals surface area (Å²) in [5, 5.41) is 13.0. The highest BCUT2D eigenvalue weighted by Crippen LogP contribution is 2.14. The topological polar surface area (TPSA) is 63.3 Å². The molecule has 2 aromatic rings. The van der Waals surface area contributed by atoms with Gasteiger partial charge in [-0.25, -0.2) is 4.79 Å². The largest absolute Gasteiger partial charge is 0.478 e. The Morgan fingerprint density at radius 3 is 3.08 bits per heavy atom. The molecule has 4 heteroatoms. The molecule has 0 aliphatic heterocycles. The molecule has 0 atom stereocenters. The standard InChI is InChI=1S/C8H5NO3/c10-8(11)5-1-2-6-4-9-12-7(6)3-5/h1-4H,(H,10,11). The van der Waals surface area contributed by atoms with E-state index in [0.29, 0.717) is 5.58 Å². The predicted octanol–water partition coefficient (Wildman–Crippen LogP) is 1.53. The molecular formula is C8H5NO3. The summed E-state index contributed by atoms with van der Waals surface area (Å²) in [5.74, 6) is -0.965. The van der Waals surface area contributed by atoms with E-state index >= 15 is 0 Å². The summed E-state index contributed by atoms with van der Waals surface area (Å²) in [6.45, 7) is 0. The molecule has 1 aromatic heterocycles. The molecule has 1 N–H and O–H groups in total. The van der Waals surface area contributed by atoms with Gasteiger partial charge in [0.1, 0.15) is 0 Å². The average Bonchev–Trinajstić information content (AvgIpc) is 2.49. The number of hydrogen-bond acceptors (Lipinski definition) is 3. The molecule has 0 unspecified atom stereocenters. The number of nitrogens with zero attached hydrogens (tertiary/aromatic N) is 1. The van der Waals surface area contributed by atoms with Gasteiger partial charge in [-0.1, -0.05) is 5.16 Å². The second kappa shape index (κ2) is 2.34. The van der Waals surface area contributed by atoms with Gasteiger partial charge in [0.05, 0.1) is 11.8 Å². The molecule has 4 nitrogen and oxygen atoms in total. The fourth-order valence-electron chi connectivity index (χ4n) is 0.993. The van der Waals surface area contributed by atoms with E-state index in [-0.39, 0.29) is 5.56 Å². The number of benzene rings is 1. The third-order valence-corrected chi connectivity index (χ3v) is 1.60. The highest BCUT2D eigenvalue weighted by Gasteiger charge is 2.05. The van der Waals surface area contributed by atoms with Crippen LogP contribution in [0.2, 0.25) is 0 Å². The van der Waals surface area contributed by atoms with E-state index < -0.39 is 5.97 Å². The number of carboxylic acids is 1. The van der Waals surface area contributed by atoms with Crippen molar-refractivity contribution in [1.82, 2.24) is 5.16 Å². The molecule has 0 saturated carbocycles. The molecule has 0 bridgehead atoms. The average molecular weight is 163 g/mol. The quantitative estimate of drug-likeness (QED) is 0.692. The van der Waals surface area contributed by atoms with Gasteiger partial charge in [-0.15, -0.1) is 0 Å². The summed E-state index contributed by atoms with van der Waals surface area (Å²) in [6.07, 6.45) is 1.54. The number of aromatic carboxylic acids is 1. The molecule has 1 aromatic carbocycles. The highest BCUT2D eigenvalue weighted by atomic mass is 16.5. The molecule has 0 amide bonds. The summed E-state index contributed by atoms with van der Waals surface area (Å²) in [4.78, 5) is 10.5. The van der Waals surface area contributed by atoms with Crippen LogP contribution in [0.1, 0.15) is 10.4 Å². The van der Waals surface area contributed by atoms with E-state index in [1.807, 2.05) is 0 Å². The molecular weight excluding hydrogens is 158 g/mol. The van der Waals surface area contributed by atoms with Crippen molar-refractivity contribution in [2.24, 2.45) is 0 Å². The van der Waals surface area contributed by atoms with Crippen LogP contribution in [-0.4, -0.2) is 16.2 Å². The van der Waals surface area contributed by atoms with E-state index in [2.05, 4.69) is 5.16 Å². The van der Waals surface area contributed by atoms with E-state index in [4.69, 9.17) is 9.63 Å². The van der Waals surface area contributed by atoms with Gasteiger partial charge >= 0.3 is 5.97 Å². The molecule has 0 aliphatic carbocycles. The minimum Gasteiger partial charge on any atom is -0.478 e. The Balaban J connectivity index is 2.68. The first-order valence-electron chi connectivity index (χ1n) is 3.35. The minimum atomic E-state index is -0.965. The zero-order valence-corrected chi connectivity index (χ0v) is 6.02. The summed E-state index contributed by atoms with van der Waals surface area (Å²) in [5.41, 5.74) is 0.703. The zero-order valence-electron chi connectivity index (χ0n) is 6.02. The van der Waals surface area contributed by atoms with Gasteiger partial charge in [0.2, 0.25) is 0 Å². The molecule has 12 heavy (non-hydrogen) atoms. The lowest BCUT2D eigenvalue weighted by molar-refractivity contribution is 0.0697. The Hall–Kier alpha value is -1.84. The fraction of sp³-hybridized carbons (Fsp3) is 0. The third kappa shape index (κ3) is 0.934. The number of aromatic nitrogens is 1. The lowest BCUT2D eigenvalue weighted by Gasteiger charge is -1.90. The molecule has 0 aliphatic rings. The third-order valence-electron chi connectivity index (χ3n) is 1.60. The van der Waals surface area contributed by atoms with Crippen LogP contribution in [0.15, 0.2) is 28.9 Å². The second-order valence-electron chi connectivity index (χ2n) is 2.38. The van der Waals surface area contributed by atoms with Gasteiger partial charge in [0.15, 0.2) is 5.58 Å². The molecule has 0 radical (unpaired) electrons. The number of carboxylic acid groups (broad SMARTS) is 1. The van der Waals surface area contributed by atoms with Gasteiger partial charge in [0.25, 0.3) is 0 Å². The highest BCUT2D eigenvalue weighted by molar-refractivity contribution is 5.92. The lowest BCUT2D eigenvalue weighted by atomic mass is 10.2. The molecule has 60 valence electrons. The molecule has 0 spiro atoms. The van der Waals surface area contributed by atoms with Crippen molar-refractivity contribution in [2.75, 3.05) is 0 Å². The van der Waals surface area contributed by atoms with Crippen LogP contribution in [0.4, 0.5) is 0 Å². The maximum atomic E-state index is 10.5. The van der Waals surface area contributed by atoms with E-state index in [1.54, 1.807) is 12.3 Å². The van der Waals surface area contributed by atoms with E-state index in [9.17, 15) is 4.79 Å². The van der Waals surface area contributed by atoms with Gasteiger partial charge < -0.3 is 9.63 Å². The first-order valence-corrected chi connectivity index (χ1v) is 3.35. The Morgan fingerprint density at radius 2 is 2.33 bits per heavy atom. The van der Waals surface area contributed by atoms with Gasteiger partial charge in [0, 0.05) is 5.39 Å². The first kappa shape index (κ1) is 6.84. The van der Waals surface area contributed by atoms with Crippen molar-refractivity contribution in [3.05, 3.63) is 30.0 Å². The SMILES string of the molecule is O=C(O)c1ccc2cnoc2c1. The number of carbonyl (C=O) groups is 1. The van der Waals surface area contributed by atoms with Gasteiger partial charge in [-0.05, 0) is 18.2 Å². The Kier molecular flexibility index (Phi) is 1.33. The number of fused-ring (bicyclic) bond motifs is 1. The van der Waals surface area contributed by atoms with Crippen LogP contribution >= 0.6 is 0 Å². The number of rotatable bonds is 1. The Morgan fingerprint density at radius 1 is 1.50 bits per heavy atom. The Labute approximate surface area is 67.4 Å². The van der Waals surface area contributed by atoms with E-state index in [0.717, 1.165) is 5.39 Å². The van der Waals surface area contributed by atoms with Crippen LogP contribution in [0.3, 0.4) is 0 Å². The molecule has 1 heterocycles. The van der Waals surface area contributed by atoms with Crippen molar-refractivity contribution in [2.45, 2.75) is 0 Å². The van der Waals surface area contributed by atoms with Crippen LogP contribution in [0.5, 0.6) is 0 Å². The lowest BCUT2D eigenvalue weighted by Crippen LogP contribution is -1.94. The molecule has 0 saturated heterocycles. The van der Waals surface area contributed by atoms with Crippen LogP contribution < -0.4 is 0 Å². The van der Waals surface area contributed by atoms with Gasteiger partial charge in [-0.3, -0.25) is 0 Å². The van der Waals surface area contributed by atoms with E-state index in [1.165, 1.54) is 12.1 Å². The van der Waals surface area contributed by atoms with Crippen LogP contribution in [-0.2, 0) is 0 Å². The van der Waals surface area contributed by atoms with Crippen molar-refractivity contribution in [3.63, 3.8) is 0 Å². The first-order chi connectivity index (χ1) is 5.77. The van der Waals surface area contributed by atoms with Crippen molar-refractivity contribution in [1.29, 1.82) is 0 Å². The smallest absolute Gasteiger partial charge is 0.335 e. The predicted molar refractivity (Wildman–Crippen MR) is 41.0 cm³/mol. The van der Waals surface area contributed by atoms with Crippen LogP contribution in [0.25, 0.3) is 11.0 Å². The fourth-order valence-corrected chi connectivity index (χ4v) is 0.993. The minimum absolute atomic E-state index is 0.208. The summed E-state index contributed by atoms with van der Waals surface area (Å²) < 4.78 is 4.80. The summed E-state index contributed by atoms with van der Waals surface area (Å²) in [7, 11) is 0. The summed E-state index contributed by atoms with van der Waals surface area (Å²) in [6, 6.07) is 4.63. The maximum absolute atomic E-state index is 10.5. The van der Waals surface area contributed by atoms with Crippen LogP contribution in [0, 0.1) is 0 Å². The molecule has 0 fully saturated rings. The molecule has 2 rings (SSSR count). The Bertz CT molecular complexity index is 433. The van der Waals surface area contributed by atoms with Crippen molar-refractivity contribution >= 4 is 16.9 Å². The normalized spacial score (nSPS) is 10.3. The maximum Gasteiger partial charge on any atom is 0.335 e. The summed E-state index contributed by atoms with van der Waals surface area (Å²) >= 11 is 0. The second-order valence-corrected chi connectivity index (χ2v) is 2.38.